The molecule has 0 spiro atoms. The number of allylic oxidation sites excluding steroid dienone is 1. The lowest BCUT2D eigenvalue weighted by molar-refractivity contribution is -0.140. The molecule has 146 valence electrons. The molecule has 7 nitrogen and oxygen atoms in total. The van der Waals surface area contributed by atoms with Gasteiger partial charge >= 0.3 is 12.0 Å². The number of hydrogen-bond donors (Lipinski definition) is 2. The maximum absolute atomic E-state index is 12.9. The van der Waals surface area contributed by atoms with Crippen LogP contribution in [-0.2, 0) is 16.1 Å². The van der Waals surface area contributed by atoms with Crippen LogP contribution < -0.4 is 20.1 Å². The molecule has 0 saturated heterocycles. The summed E-state index contributed by atoms with van der Waals surface area (Å²) < 4.78 is 16.2. The lowest BCUT2D eigenvalue weighted by Gasteiger charge is -2.29. The first-order valence-corrected chi connectivity index (χ1v) is 8.74. The van der Waals surface area contributed by atoms with Gasteiger partial charge in [0.2, 0.25) is 0 Å². The fourth-order valence-corrected chi connectivity index (χ4v) is 3.06. The number of rotatable bonds is 6. The van der Waals surface area contributed by atoms with E-state index in [4.69, 9.17) is 14.2 Å². The van der Waals surface area contributed by atoms with E-state index in [1.54, 1.807) is 32.2 Å². The molecule has 2 aromatic carbocycles. The van der Waals surface area contributed by atoms with Gasteiger partial charge in [0.25, 0.3) is 0 Å². The molecule has 2 N–H and O–H groups in total. The molecule has 7 heteroatoms. The standard InChI is InChI=1S/C21H22N2O5/c1-13-18(20(24)28-12-14-7-5-4-6-8-14)19(23-21(25)22-13)16-10-9-15(26-2)11-17(16)27-3/h4-11,19H,12H2,1-3H3,(H2,22,23,25). The van der Waals surface area contributed by atoms with Gasteiger partial charge in [-0.15, -0.1) is 0 Å². The SMILES string of the molecule is COc1ccc(C2NC(=O)NC(C)=C2C(=O)OCc2ccccc2)c(OC)c1. The number of esters is 1. The highest BCUT2D eigenvalue weighted by Gasteiger charge is 2.34. The Bertz CT molecular complexity index is 908. The molecule has 1 aliphatic heterocycles. The van der Waals surface area contributed by atoms with E-state index in [2.05, 4.69) is 10.6 Å². The Kier molecular flexibility index (Phi) is 5.84. The van der Waals surface area contributed by atoms with E-state index in [0.29, 0.717) is 28.3 Å². The number of carbonyl (C=O) groups excluding carboxylic acids is 2. The molecule has 0 saturated carbocycles. The van der Waals surface area contributed by atoms with Gasteiger partial charge in [0, 0.05) is 17.3 Å². The lowest BCUT2D eigenvalue weighted by Crippen LogP contribution is -2.45. The number of carbonyl (C=O) groups is 2. The van der Waals surface area contributed by atoms with Crippen LogP contribution in [-0.4, -0.2) is 26.2 Å². The van der Waals surface area contributed by atoms with Crippen molar-refractivity contribution < 1.29 is 23.8 Å². The second-order valence-electron chi connectivity index (χ2n) is 6.24. The molecule has 1 unspecified atom stereocenters. The van der Waals surface area contributed by atoms with Crippen LogP contribution in [0.15, 0.2) is 59.8 Å². The third kappa shape index (κ3) is 4.09. The Labute approximate surface area is 163 Å². The number of hydrogen-bond acceptors (Lipinski definition) is 5. The van der Waals surface area contributed by atoms with E-state index in [1.165, 1.54) is 7.11 Å². The van der Waals surface area contributed by atoms with Crippen molar-refractivity contribution in [2.45, 2.75) is 19.6 Å². The molecule has 1 atom stereocenters. The van der Waals surface area contributed by atoms with Crippen molar-refractivity contribution in [2.24, 2.45) is 0 Å². The van der Waals surface area contributed by atoms with Gasteiger partial charge in [0.05, 0.1) is 25.8 Å². The minimum atomic E-state index is -0.710. The second kappa shape index (κ2) is 8.47. The Morgan fingerprint density at radius 1 is 1.07 bits per heavy atom. The van der Waals surface area contributed by atoms with Gasteiger partial charge in [0.15, 0.2) is 0 Å². The third-order valence-electron chi connectivity index (χ3n) is 4.45. The molecule has 0 aromatic heterocycles. The Morgan fingerprint density at radius 3 is 2.50 bits per heavy atom. The summed E-state index contributed by atoms with van der Waals surface area (Å²) in [6.45, 7) is 1.80. The van der Waals surface area contributed by atoms with Crippen molar-refractivity contribution in [3.05, 3.63) is 70.9 Å². The molecule has 0 aliphatic carbocycles. The normalized spacial score (nSPS) is 16.1. The predicted molar refractivity (Wildman–Crippen MR) is 103 cm³/mol. The van der Waals surface area contributed by atoms with Gasteiger partial charge < -0.3 is 24.8 Å². The monoisotopic (exact) mass is 382 g/mol. The number of methoxy groups -OCH3 is 2. The fraction of sp³-hybridized carbons (Fsp3) is 0.238. The first-order chi connectivity index (χ1) is 13.5. The molecular weight excluding hydrogens is 360 g/mol. The molecule has 0 fully saturated rings. The van der Waals surface area contributed by atoms with E-state index >= 15 is 0 Å². The number of amides is 2. The maximum atomic E-state index is 12.9. The molecule has 1 aliphatic rings. The van der Waals surface area contributed by atoms with Gasteiger partial charge in [-0.05, 0) is 24.6 Å². The van der Waals surface area contributed by atoms with Crippen LogP contribution in [0.5, 0.6) is 11.5 Å². The fourth-order valence-electron chi connectivity index (χ4n) is 3.06. The highest BCUT2D eigenvalue weighted by atomic mass is 16.5. The smallest absolute Gasteiger partial charge is 0.338 e. The van der Waals surface area contributed by atoms with E-state index in [0.717, 1.165) is 5.56 Å². The van der Waals surface area contributed by atoms with E-state index < -0.39 is 18.0 Å². The van der Waals surface area contributed by atoms with Crippen LogP contribution in [0.4, 0.5) is 4.79 Å². The molecular formula is C21H22N2O5. The zero-order chi connectivity index (χ0) is 20.1. The molecule has 3 rings (SSSR count). The lowest BCUT2D eigenvalue weighted by atomic mass is 9.94. The van der Waals surface area contributed by atoms with E-state index in [9.17, 15) is 9.59 Å². The zero-order valence-corrected chi connectivity index (χ0v) is 15.9. The van der Waals surface area contributed by atoms with Crippen LogP contribution in [0.2, 0.25) is 0 Å². The Morgan fingerprint density at radius 2 is 1.82 bits per heavy atom. The molecule has 0 radical (unpaired) electrons. The van der Waals surface area contributed by atoms with Crippen LogP contribution in [0.1, 0.15) is 24.1 Å². The molecule has 2 amide bonds. The third-order valence-corrected chi connectivity index (χ3v) is 4.45. The number of benzene rings is 2. The molecule has 0 bridgehead atoms. The first kappa shape index (κ1) is 19.3. The van der Waals surface area contributed by atoms with Crippen LogP contribution in [0, 0.1) is 0 Å². The zero-order valence-electron chi connectivity index (χ0n) is 15.9. The predicted octanol–water partition coefficient (Wildman–Crippen LogP) is 3.08. The highest BCUT2D eigenvalue weighted by molar-refractivity contribution is 5.95. The topological polar surface area (TPSA) is 85.9 Å². The Hall–Kier alpha value is -3.48. The summed E-state index contributed by atoms with van der Waals surface area (Å²) in [6.07, 6.45) is 0. The summed E-state index contributed by atoms with van der Waals surface area (Å²) in [5.41, 5.74) is 2.26. The van der Waals surface area contributed by atoms with Crippen molar-refractivity contribution in [3.63, 3.8) is 0 Å². The van der Waals surface area contributed by atoms with Gasteiger partial charge in [-0.1, -0.05) is 30.3 Å². The van der Waals surface area contributed by atoms with Gasteiger partial charge in [0.1, 0.15) is 18.1 Å². The maximum Gasteiger partial charge on any atom is 0.338 e. The minimum Gasteiger partial charge on any atom is -0.497 e. The van der Waals surface area contributed by atoms with Gasteiger partial charge in [-0.2, -0.15) is 0 Å². The average molecular weight is 382 g/mol. The summed E-state index contributed by atoms with van der Waals surface area (Å²) in [7, 11) is 3.07. The van der Waals surface area contributed by atoms with Gasteiger partial charge in [-0.25, -0.2) is 9.59 Å². The molecule has 1 heterocycles. The van der Waals surface area contributed by atoms with Crippen LogP contribution in [0.25, 0.3) is 0 Å². The van der Waals surface area contributed by atoms with Gasteiger partial charge in [-0.3, -0.25) is 0 Å². The largest absolute Gasteiger partial charge is 0.497 e. The van der Waals surface area contributed by atoms with Crippen molar-refractivity contribution >= 4 is 12.0 Å². The van der Waals surface area contributed by atoms with E-state index in [1.807, 2.05) is 30.3 Å². The Balaban J connectivity index is 1.91. The quantitative estimate of drug-likeness (QED) is 0.750. The number of ether oxygens (including phenoxy) is 3. The second-order valence-corrected chi connectivity index (χ2v) is 6.24. The van der Waals surface area contributed by atoms with Crippen molar-refractivity contribution in [1.29, 1.82) is 0 Å². The molecule has 2 aromatic rings. The van der Waals surface area contributed by atoms with Crippen LogP contribution >= 0.6 is 0 Å². The summed E-state index contributed by atoms with van der Waals surface area (Å²) in [6, 6.07) is 13.5. The number of urea groups is 1. The summed E-state index contributed by atoms with van der Waals surface area (Å²) in [5, 5.41) is 5.41. The van der Waals surface area contributed by atoms with Crippen molar-refractivity contribution in [2.75, 3.05) is 14.2 Å². The highest BCUT2D eigenvalue weighted by Crippen LogP contribution is 2.35. The minimum absolute atomic E-state index is 0.136. The van der Waals surface area contributed by atoms with Crippen molar-refractivity contribution in [3.8, 4) is 11.5 Å². The summed E-state index contributed by atoms with van der Waals surface area (Å²) in [5.74, 6) is 0.583. The van der Waals surface area contributed by atoms with Crippen molar-refractivity contribution in [1.82, 2.24) is 10.6 Å². The summed E-state index contributed by atoms with van der Waals surface area (Å²) >= 11 is 0. The molecule has 28 heavy (non-hydrogen) atoms. The van der Waals surface area contributed by atoms with E-state index in [-0.39, 0.29) is 6.61 Å². The van der Waals surface area contributed by atoms with Crippen LogP contribution in [0.3, 0.4) is 0 Å². The summed E-state index contributed by atoms with van der Waals surface area (Å²) in [4.78, 5) is 24.9. The average Bonchev–Trinajstić information content (AvgIpc) is 2.71. The first-order valence-electron chi connectivity index (χ1n) is 8.74. The number of nitrogens with one attached hydrogen (secondary N) is 2.